The third kappa shape index (κ3) is 1.62. The molecule has 108 valence electrons. The van der Waals surface area contributed by atoms with Gasteiger partial charge < -0.3 is 0 Å². The van der Waals surface area contributed by atoms with Gasteiger partial charge in [-0.05, 0) is 43.4 Å². The second-order valence-electron chi connectivity index (χ2n) is 6.55. The van der Waals surface area contributed by atoms with Crippen molar-refractivity contribution in [1.29, 1.82) is 0 Å². The molecule has 3 aromatic rings. The van der Waals surface area contributed by atoms with Crippen LogP contribution in [0.3, 0.4) is 0 Å². The van der Waals surface area contributed by atoms with E-state index >= 15 is 0 Å². The van der Waals surface area contributed by atoms with Crippen LogP contribution in [0.5, 0.6) is 0 Å². The van der Waals surface area contributed by atoms with E-state index in [1.807, 2.05) is 6.33 Å². The Labute approximate surface area is 129 Å². The van der Waals surface area contributed by atoms with Crippen LogP contribution in [-0.4, -0.2) is 20.9 Å². The molecule has 2 aromatic carbocycles. The molecule has 2 aliphatic rings. The topological polar surface area (TPSA) is 30.2 Å². The first-order chi connectivity index (χ1) is 10.8. The van der Waals surface area contributed by atoms with Crippen molar-refractivity contribution >= 4 is 16.9 Å². The molecule has 0 atom stereocenters. The van der Waals surface area contributed by atoms with Crippen LogP contribution in [-0.2, 0) is 6.42 Å². The zero-order valence-electron chi connectivity index (χ0n) is 12.6. The van der Waals surface area contributed by atoms with Gasteiger partial charge in [-0.25, -0.2) is 4.98 Å². The van der Waals surface area contributed by atoms with Crippen LogP contribution < -0.4 is 0 Å². The molecule has 0 unspecified atom stereocenters. The van der Waals surface area contributed by atoms with Crippen molar-refractivity contribution < 1.29 is 0 Å². The van der Waals surface area contributed by atoms with Gasteiger partial charge in [0.25, 0.3) is 0 Å². The summed E-state index contributed by atoms with van der Waals surface area (Å²) in [5, 5.41) is 0. The summed E-state index contributed by atoms with van der Waals surface area (Å²) in [5.74, 6) is 1.06. The monoisotopic (exact) mass is 287 g/mol. The highest BCUT2D eigenvalue weighted by atomic mass is 15.1. The van der Waals surface area contributed by atoms with E-state index in [1.54, 1.807) is 0 Å². The van der Waals surface area contributed by atoms with Crippen LogP contribution in [0.25, 0.3) is 11.0 Å². The molecule has 1 spiro atoms. The highest BCUT2D eigenvalue weighted by Crippen LogP contribution is 2.46. The summed E-state index contributed by atoms with van der Waals surface area (Å²) < 4.78 is 2.17. The number of hydrogen-bond donors (Lipinski definition) is 0. The standard InChI is InChI=1S/C19H17N3/c1-13-5-4-8-16-17(13)20-12-22(16)18-15-7-3-2-6-14(15)11-19(21-18)9-10-19/h2-8,12H,9-11H2,1H3. The quantitative estimate of drug-likeness (QED) is 0.619. The Hall–Kier alpha value is -2.42. The molecule has 0 N–H and O–H groups in total. The number of hydrogen-bond acceptors (Lipinski definition) is 2. The van der Waals surface area contributed by atoms with Crippen molar-refractivity contribution in [1.82, 2.24) is 9.55 Å². The second kappa shape index (κ2) is 4.07. The number of aromatic nitrogens is 2. The van der Waals surface area contributed by atoms with Crippen molar-refractivity contribution in [2.75, 3.05) is 0 Å². The van der Waals surface area contributed by atoms with Gasteiger partial charge in [0.05, 0.1) is 16.6 Å². The lowest BCUT2D eigenvalue weighted by Gasteiger charge is -2.23. The van der Waals surface area contributed by atoms with E-state index in [-0.39, 0.29) is 5.54 Å². The van der Waals surface area contributed by atoms with E-state index in [0.717, 1.165) is 23.3 Å². The predicted octanol–water partition coefficient (Wildman–Crippen LogP) is 3.73. The summed E-state index contributed by atoms with van der Waals surface area (Å²) in [5.41, 5.74) is 6.25. The average molecular weight is 287 g/mol. The van der Waals surface area contributed by atoms with Crippen molar-refractivity contribution in [3.63, 3.8) is 0 Å². The van der Waals surface area contributed by atoms with Crippen LogP contribution in [0.15, 0.2) is 53.8 Å². The molecule has 1 fully saturated rings. The van der Waals surface area contributed by atoms with Crippen molar-refractivity contribution in [2.45, 2.75) is 31.7 Å². The number of rotatable bonds is 0. The van der Waals surface area contributed by atoms with E-state index in [0.29, 0.717) is 0 Å². The first kappa shape index (κ1) is 12.2. The van der Waals surface area contributed by atoms with E-state index in [9.17, 15) is 0 Å². The summed E-state index contributed by atoms with van der Waals surface area (Å²) in [6.45, 7) is 2.11. The number of benzene rings is 2. The lowest BCUT2D eigenvalue weighted by molar-refractivity contribution is 0.658. The largest absolute Gasteiger partial charge is 0.283 e. The molecule has 1 aliphatic heterocycles. The molecular weight excluding hydrogens is 270 g/mol. The van der Waals surface area contributed by atoms with Gasteiger partial charge in [0, 0.05) is 5.56 Å². The number of para-hydroxylation sites is 1. The van der Waals surface area contributed by atoms with Gasteiger partial charge in [-0.1, -0.05) is 36.4 Å². The zero-order chi connectivity index (χ0) is 14.7. The molecule has 3 heteroatoms. The zero-order valence-corrected chi connectivity index (χ0v) is 12.6. The minimum Gasteiger partial charge on any atom is -0.283 e. The minimum atomic E-state index is 0.157. The summed E-state index contributed by atoms with van der Waals surface area (Å²) in [6.07, 6.45) is 5.42. The molecule has 1 aromatic heterocycles. The maximum absolute atomic E-state index is 5.13. The van der Waals surface area contributed by atoms with Crippen LogP contribution in [0.4, 0.5) is 0 Å². The molecule has 0 radical (unpaired) electrons. The molecule has 0 amide bonds. The molecule has 5 rings (SSSR count). The normalized spacial score (nSPS) is 18.3. The average Bonchev–Trinajstić information content (AvgIpc) is 3.12. The summed E-state index contributed by atoms with van der Waals surface area (Å²) >= 11 is 0. The fraction of sp³-hybridized carbons (Fsp3) is 0.263. The fourth-order valence-corrected chi connectivity index (χ4v) is 3.54. The van der Waals surface area contributed by atoms with E-state index in [1.165, 1.54) is 29.5 Å². The van der Waals surface area contributed by atoms with Gasteiger partial charge in [0.2, 0.25) is 0 Å². The number of aliphatic imine (C=N–C) groups is 1. The summed E-state index contributed by atoms with van der Waals surface area (Å²) in [4.78, 5) is 9.75. The van der Waals surface area contributed by atoms with E-state index in [2.05, 4.69) is 58.9 Å². The van der Waals surface area contributed by atoms with Crippen molar-refractivity contribution in [3.8, 4) is 0 Å². The molecule has 0 bridgehead atoms. The molecule has 2 heterocycles. The van der Waals surface area contributed by atoms with Crippen molar-refractivity contribution in [2.24, 2.45) is 4.99 Å². The number of fused-ring (bicyclic) bond motifs is 2. The molecule has 22 heavy (non-hydrogen) atoms. The van der Waals surface area contributed by atoms with Crippen LogP contribution in [0, 0.1) is 6.92 Å². The molecule has 3 nitrogen and oxygen atoms in total. The van der Waals surface area contributed by atoms with E-state index < -0.39 is 0 Å². The Morgan fingerprint density at radius 3 is 2.77 bits per heavy atom. The second-order valence-corrected chi connectivity index (χ2v) is 6.55. The number of imidazole rings is 1. The lowest BCUT2D eigenvalue weighted by Crippen LogP contribution is -2.26. The lowest BCUT2D eigenvalue weighted by atomic mass is 9.95. The predicted molar refractivity (Wildman–Crippen MR) is 88.5 cm³/mol. The molecule has 1 aliphatic carbocycles. The minimum absolute atomic E-state index is 0.157. The Morgan fingerprint density at radius 2 is 1.91 bits per heavy atom. The van der Waals surface area contributed by atoms with Gasteiger partial charge in [-0.2, -0.15) is 0 Å². The van der Waals surface area contributed by atoms with Gasteiger partial charge in [-0.15, -0.1) is 0 Å². The van der Waals surface area contributed by atoms with Crippen LogP contribution in [0.1, 0.15) is 29.5 Å². The van der Waals surface area contributed by atoms with Crippen molar-refractivity contribution in [3.05, 3.63) is 65.5 Å². The van der Waals surface area contributed by atoms with Crippen LogP contribution in [0.2, 0.25) is 0 Å². The Bertz CT molecular complexity index is 929. The smallest absolute Gasteiger partial charge is 0.141 e. The first-order valence-corrected chi connectivity index (χ1v) is 7.87. The summed E-state index contributed by atoms with van der Waals surface area (Å²) in [6, 6.07) is 15.0. The SMILES string of the molecule is Cc1cccc2c1ncn2C1=NC2(CC2)Cc2ccccc21. The third-order valence-corrected chi connectivity index (χ3v) is 4.95. The first-order valence-electron chi connectivity index (χ1n) is 7.87. The Morgan fingerprint density at radius 1 is 1.05 bits per heavy atom. The number of nitrogens with zero attached hydrogens (tertiary/aromatic N) is 3. The maximum Gasteiger partial charge on any atom is 0.141 e. The third-order valence-electron chi connectivity index (χ3n) is 4.95. The Balaban J connectivity index is 1.79. The number of aryl methyl sites for hydroxylation is 1. The van der Waals surface area contributed by atoms with Gasteiger partial charge in [0.1, 0.15) is 12.2 Å². The van der Waals surface area contributed by atoms with Gasteiger partial charge >= 0.3 is 0 Å². The van der Waals surface area contributed by atoms with E-state index in [4.69, 9.17) is 4.99 Å². The highest BCUT2D eigenvalue weighted by molar-refractivity contribution is 6.07. The molecule has 1 saturated carbocycles. The Kier molecular flexibility index (Phi) is 2.25. The summed E-state index contributed by atoms with van der Waals surface area (Å²) in [7, 11) is 0. The molecular formula is C19H17N3. The highest BCUT2D eigenvalue weighted by Gasteiger charge is 2.46. The van der Waals surface area contributed by atoms with Gasteiger partial charge in [-0.3, -0.25) is 9.56 Å². The maximum atomic E-state index is 5.13. The van der Waals surface area contributed by atoms with Gasteiger partial charge in [0.15, 0.2) is 0 Å². The molecule has 0 saturated heterocycles. The van der Waals surface area contributed by atoms with Crippen LogP contribution >= 0.6 is 0 Å². The fourth-order valence-electron chi connectivity index (χ4n) is 3.54.